The van der Waals surface area contributed by atoms with Gasteiger partial charge in [0.2, 0.25) is 0 Å². The maximum Gasteiger partial charge on any atom is 0.133 e. The van der Waals surface area contributed by atoms with Crippen molar-refractivity contribution in [1.29, 1.82) is 0 Å². The molecule has 0 unspecified atom stereocenters. The van der Waals surface area contributed by atoms with Crippen molar-refractivity contribution in [3.8, 4) is 0 Å². The Balaban J connectivity index is 2.93. The van der Waals surface area contributed by atoms with Crippen molar-refractivity contribution in [3.05, 3.63) is 22.7 Å². The number of hydrogen-bond donors (Lipinski definition) is 1. The van der Waals surface area contributed by atoms with Gasteiger partial charge in [0, 0.05) is 6.42 Å². The Bertz CT molecular complexity index is 293. The Kier molecular flexibility index (Phi) is 2.94. The van der Waals surface area contributed by atoms with Crippen LogP contribution in [-0.4, -0.2) is 15.0 Å². The Labute approximate surface area is 81.0 Å². The molecule has 1 heterocycles. The van der Waals surface area contributed by atoms with Gasteiger partial charge in [-0.05, 0) is 13.0 Å². The Morgan fingerprint density at radius 3 is 2.83 bits per heavy atom. The lowest BCUT2D eigenvalue weighted by Crippen LogP contribution is -2.12. The number of nitrogens with zero attached hydrogens (tertiary/aromatic N) is 2. The van der Waals surface area contributed by atoms with E-state index in [0.717, 1.165) is 5.69 Å². The predicted molar refractivity (Wildman–Crippen MR) is 52.3 cm³/mol. The van der Waals surface area contributed by atoms with Crippen LogP contribution >= 0.6 is 23.8 Å². The van der Waals surface area contributed by atoms with Gasteiger partial charge in [-0.3, -0.25) is 0 Å². The molecule has 1 rings (SSSR count). The van der Waals surface area contributed by atoms with Crippen LogP contribution in [-0.2, 0) is 6.42 Å². The lowest BCUT2D eigenvalue weighted by molar-refractivity contribution is 0.993. The van der Waals surface area contributed by atoms with E-state index in [9.17, 15) is 0 Å². The first kappa shape index (κ1) is 9.35. The fourth-order valence-electron chi connectivity index (χ4n) is 0.859. The number of aromatic nitrogens is 2. The Morgan fingerprint density at radius 2 is 2.33 bits per heavy atom. The van der Waals surface area contributed by atoms with Crippen LogP contribution < -0.4 is 5.73 Å². The molecule has 0 aromatic carbocycles. The van der Waals surface area contributed by atoms with Crippen molar-refractivity contribution in [1.82, 2.24) is 9.97 Å². The summed E-state index contributed by atoms with van der Waals surface area (Å²) >= 11 is 10.4. The van der Waals surface area contributed by atoms with Crippen LogP contribution in [0.5, 0.6) is 0 Å². The van der Waals surface area contributed by atoms with Crippen LogP contribution in [0.1, 0.15) is 11.5 Å². The van der Waals surface area contributed by atoms with Crippen LogP contribution in [0.4, 0.5) is 0 Å². The van der Waals surface area contributed by atoms with Gasteiger partial charge in [0.05, 0.1) is 10.7 Å². The monoisotopic (exact) mass is 201 g/mol. The summed E-state index contributed by atoms with van der Waals surface area (Å²) in [5.74, 6) is 0.633. The molecule has 0 aliphatic rings. The van der Waals surface area contributed by atoms with Crippen LogP contribution in [0.15, 0.2) is 6.07 Å². The van der Waals surface area contributed by atoms with Gasteiger partial charge in [-0.1, -0.05) is 23.8 Å². The highest BCUT2D eigenvalue weighted by Crippen LogP contribution is 2.07. The van der Waals surface area contributed by atoms with E-state index in [1.54, 1.807) is 13.0 Å². The molecule has 0 atom stereocenters. The molecule has 0 spiro atoms. The summed E-state index contributed by atoms with van der Waals surface area (Å²) in [4.78, 5) is 8.43. The summed E-state index contributed by atoms with van der Waals surface area (Å²) in [6, 6.07) is 1.66. The minimum Gasteiger partial charge on any atom is -0.393 e. The van der Waals surface area contributed by atoms with Gasteiger partial charge in [-0.25, -0.2) is 9.97 Å². The smallest absolute Gasteiger partial charge is 0.133 e. The van der Waals surface area contributed by atoms with Crippen molar-refractivity contribution >= 4 is 28.8 Å². The summed E-state index contributed by atoms with van der Waals surface area (Å²) in [6.07, 6.45) is 0.471. The van der Waals surface area contributed by atoms with E-state index >= 15 is 0 Å². The Morgan fingerprint density at radius 1 is 1.67 bits per heavy atom. The van der Waals surface area contributed by atoms with Gasteiger partial charge in [-0.15, -0.1) is 0 Å². The second-order valence-electron chi connectivity index (χ2n) is 2.37. The number of hydrogen-bond acceptors (Lipinski definition) is 3. The van der Waals surface area contributed by atoms with Crippen molar-refractivity contribution in [3.63, 3.8) is 0 Å². The highest BCUT2D eigenvalue weighted by molar-refractivity contribution is 7.80. The number of rotatable bonds is 2. The summed E-state index contributed by atoms with van der Waals surface area (Å²) in [5.41, 5.74) is 6.12. The minimum atomic E-state index is 0.407. The standard InChI is InChI=1S/C7H8ClN3S/c1-4-10-5(3-7(9)12)2-6(8)11-4/h2H,3H2,1H3,(H2,9,12). The van der Waals surface area contributed by atoms with Crippen LogP contribution in [0.25, 0.3) is 0 Å². The molecule has 64 valence electrons. The van der Waals surface area contributed by atoms with Crippen molar-refractivity contribution in [2.24, 2.45) is 5.73 Å². The molecule has 2 N–H and O–H groups in total. The van der Waals surface area contributed by atoms with Gasteiger partial charge in [0.15, 0.2) is 0 Å². The van der Waals surface area contributed by atoms with E-state index in [0.29, 0.717) is 22.4 Å². The molecule has 0 bridgehead atoms. The van der Waals surface area contributed by atoms with E-state index in [-0.39, 0.29) is 0 Å². The molecule has 3 nitrogen and oxygen atoms in total. The molecular formula is C7H8ClN3S. The third kappa shape index (κ3) is 2.71. The second kappa shape index (κ2) is 3.78. The topological polar surface area (TPSA) is 51.8 Å². The number of thiocarbonyl (C=S) groups is 1. The van der Waals surface area contributed by atoms with E-state index in [2.05, 4.69) is 9.97 Å². The molecule has 1 aromatic rings. The van der Waals surface area contributed by atoms with Crippen LogP contribution in [0, 0.1) is 6.92 Å². The fraction of sp³-hybridized carbons (Fsp3) is 0.286. The minimum absolute atomic E-state index is 0.407. The molecule has 1 aromatic heterocycles. The third-order valence-electron chi connectivity index (χ3n) is 1.22. The fourth-order valence-corrected chi connectivity index (χ4v) is 1.25. The van der Waals surface area contributed by atoms with Gasteiger partial charge < -0.3 is 5.73 Å². The molecule has 0 aliphatic heterocycles. The van der Waals surface area contributed by atoms with Gasteiger partial charge >= 0.3 is 0 Å². The Hall–Kier alpha value is -0.740. The lowest BCUT2D eigenvalue weighted by atomic mass is 10.3. The first-order chi connectivity index (χ1) is 5.58. The number of aryl methyl sites for hydroxylation is 1. The summed E-state index contributed by atoms with van der Waals surface area (Å²) in [7, 11) is 0. The quantitative estimate of drug-likeness (QED) is 0.579. The molecule has 5 heteroatoms. The van der Waals surface area contributed by atoms with E-state index < -0.39 is 0 Å². The number of halogens is 1. The third-order valence-corrected chi connectivity index (χ3v) is 1.55. The zero-order valence-corrected chi connectivity index (χ0v) is 8.11. The molecule has 0 radical (unpaired) electrons. The summed E-state index contributed by atoms with van der Waals surface area (Å²) in [6.45, 7) is 1.77. The van der Waals surface area contributed by atoms with Crippen molar-refractivity contribution in [2.45, 2.75) is 13.3 Å². The predicted octanol–water partition coefficient (Wildman–Crippen LogP) is 1.27. The van der Waals surface area contributed by atoms with Crippen molar-refractivity contribution in [2.75, 3.05) is 0 Å². The van der Waals surface area contributed by atoms with Crippen molar-refractivity contribution < 1.29 is 0 Å². The molecule has 0 amide bonds. The SMILES string of the molecule is Cc1nc(Cl)cc(CC(N)=S)n1. The highest BCUT2D eigenvalue weighted by Gasteiger charge is 2.00. The van der Waals surface area contributed by atoms with Gasteiger partial charge in [0.25, 0.3) is 0 Å². The normalized spacial score (nSPS) is 9.83. The molecular weight excluding hydrogens is 194 g/mol. The van der Waals surface area contributed by atoms with E-state index in [1.807, 2.05) is 0 Å². The van der Waals surface area contributed by atoms with Crippen LogP contribution in [0.2, 0.25) is 5.15 Å². The molecule has 0 fully saturated rings. The largest absolute Gasteiger partial charge is 0.393 e. The molecule has 0 aliphatic carbocycles. The first-order valence-corrected chi connectivity index (χ1v) is 4.15. The zero-order chi connectivity index (χ0) is 9.14. The summed E-state index contributed by atoms with van der Waals surface area (Å²) < 4.78 is 0. The molecule has 0 saturated heterocycles. The van der Waals surface area contributed by atoms with Crippen LogP contribution in [0.3, 0.4) is 0 Å². The zero-order valence-electron chi connectivity index (χ0n) is 6.54. The maximum atomic E-state index is 5.70. The average Bonchev–Trinajstić information content (AvgIpc) is 1.81. The van der Waals surface area contributed by atoms with Gasteiger partial charge in [-0.2, -0.15) is 0 Å². The second-order valence-corrected chi connectivity index (χ2v) is 3.28. The van der Waals surface area contributed by atoms with E-state index in [4.69, 9.17) is 29.6 Å². The summed E-state index contributed by atoms with van der Waals surface area (Å²) in [5, 5.41) is 0.425. The lowest BCUT2D eigenvalue weighted by Gasteiger charge is -2.00. The highest BCUT2D eigenvalue weighted by atomic mass is 35.5. The average molecular weight is 202 g/mol. The number of nitrogens with two attached hydrogens (primary N) is 1. The van der Waals surface area contributed by atoms with Gasteiger partial charge in [0.1, 0.15) is 11.0 Å². The maximum absolute atomic E-state index is 5.70. The van der Waals surface area contributed by atoms with E-state index in [1.165, 1.54) is 0 Å². The first-order valence-electron chi connectivity index (χ1n) is 3.36. The molecule has 12 heavy (non-hydrogen) atoms. The molecule has 0 saturated carbocycles.